The van der Waals surface area contributed by atoms with E-state index in [0.29, 0.717) is 44.7 Å². The molecule has 1 amide bonds. The fraction of sp³-hybridized carbons (Fsp3) is 0.632. The van der Waals surface area contributed by atoms with Crippen LogP contribution in [0.5, 0.6) is 0 Å². The molecule has 7 nitrogen and oxygen atoms in total. The molecule has 3 aliphatic heterocycles. The molecule has 8 heteroatoms. The number of benzene rings is 1. The molecule has 0 aromatic heterocycles. The summed E-state index contributed by atoms with van der Waals surface area (Å²) in [4.78, 5) is 14.6. The summed E-state index contributed by atoms with van der Waals surface area (Å²) in [6, 6.07) is 6.33. The molecule has 3 saturated heterocycles. The van der Waals surface area contributed by atoms with Gasteiger partial charge in [-0.2, -0.15) is 4.31 Å². The van der Waals surface area contributed by atoms with Crippen molar-refractivity contribution in [2.24, 2.45) is 0 Å². The lowest BCUT2D eigenvalue weighted by molar-refractivity contribution is -0.179. The van der Waals surface area contributed by atoms with E-state index in [4.69, 9.17) is 9.47 Å². The van der Waals surface area contributed by atoms with Crippen molar-refractivity contribution in [2.45, 2.75) is 42.8 Å². The molecule has 0 bridgehead atoms. The van der Waals surface area contributed by atoms with Gasteiger partial charge in [-0.25, -0.2) is 8.42 Å². The molecular formula is C19H26N2O5S. The molecule has 3 aliphatic rings. The Kier molecular flexibility index (Phi) is 5.24. The number of carbonyl (C=O) groups is 1. The summed E-state index contributed by atoms with van der Waals surface area (Å²) >= 11 is 0. The van der Waals surface area contributed by atoms with E-state index < -0.39 is 15.8 Å². The van der Waals surface area contributed by atoms with E-state index in [2.05, 4.69) is 0 Å². The molecule has 0 N–H and O–H groups in total. The number of sulfonamides is 1. The van der Waals surface area contributed by atoms with Crippen molar-refractivity contribution in [3.63, 3.8) is 0 Å². The minimum atomic E-state index is -3.58. The third kappa shape index (κ3) is 3.76. The van der Waals surface area contributed by atoms with Crippen LogP contribution in [0.25, 0.3) is 0 Å². The van der Waals surface area contributed by atoms with Crippen LogP contribution in [0.4, 0.5) is 0 Å². The van der Waals surface area contributed by atoms with Gasteiger partial charge in [-0.1, -0.05) is 0 Å². The van der Waals surface area contributed by atoms with Crippen LogP contribution in [-0.4, -0.2) is 68.7 Å². The summed E-state index contributed by atoms with van der Waals surface area (Å²) in [5.74, 6) is -0.620. The summed E-state index contributed by atoms with van der Waals surface area (Å²) in [5, 5.41) is 0. The lowest BCUT2D eigenvalue weighted by atomic mass is 10.1. The summed E-state index contributed by atoms with van der Waals surface area (Å²) in [6.07, 6.45) is 4.30. The molecule has 0 radical (unpaired) electrons. The molecule has 0 atom stereocenters. The van der Waals surface area contributed by atoms with Gasteiger partial charge in [0.05, 0.1) is 18.1 Å². The number of likely N-dealkylation sites (tertiary alicyclic amines) is 1. The van der Waals surface area contributed by atoms with Gasteiger partial charge in [0, 0.05) is 44.6 Å². The number of nitrogens with zero attached hydrogens (tertiary/aromatic N) is 2. The Labute approximate surface area is 160 Å². The van der Waals surface area contributed by atoms with Gasteiger partial charge < -0.3 is 14.4 Å². The quantitative estimate of drug-likeness (QED) is 0.782. The highest BCUT2D eigenvalue weighted by Gasteiger charge is 2.42. The Morgan fingerprint density at radius 3 is 2.07 bits per heavy atom. The normalized spacial score (nSPS) is 23.6. The highest BCUT2D eigenvalue weighted by atomic mass is 32.2. The number of carbonyl (C=O) groups excluding carboxylic acids is 1. The van der Waals surface area contributed by atoms with Crippen LogP contribution in [0, 0.1) is 0 Å². The van der Waals surface area contributed by atoms with Gasteiger partial charge in [0.2, 0.25) is 10.0 Å². The van der Waals surface area contributed by atoms with Crippen LogP contribution in [0.2, 0.25) is 0 Å². The summed E-state index contributed by atoms with van der Waals surface area (Å²) in [6.45, 7) is 3.43. The number of hydrogen-bond acceptors (Lipinski definition) is 5. The molecule has 3 heterocycles. The van der Waals surface area contributed by atoms with E-state index in [9.17, 15) is 13.2 Å². The largest absolute Gasteiger partial charge is 0.347 e. The van der Waals surface area contributed by atoms with Crippen molar-refractivity contribution in [2.75, 3.05) is 39.4 Å². The average Bonchev–Trinajstić information content (AvgIpc) is 3.16. The van der Waals surface area contributed by atoms with Crippen LogP contribution in [0.1, 0.15) is 42.5 Å². The zero-order valence-corrected chi connectivity index (χ0v) is 16.2. The Morgan fingerprint density at radius 1 is 0.889 bits per heavy atom. The van der Waals surface area contributed by atoms with Gasteiger partial charge in [0.1, 0.15) is 0 Å². The summed E-state index contributed by atoms with van der Waals surface area (Å²) < 4.78 is 38.6. The third-order valence-electron chi connectivity index (χ3n) is 5.68. The van der Waals surface area contributed by atoms with Crippen LogP contribution in [0.15, 0.2) is 29.2 Å². The first-order valence-electron chi connectivity index (χ1n) is 9.68. The molecule has 3 fully saturated rings. The highest BCUT2D eigenvalue weighted by Crippen LogP contribution is 2.33. The standard InChI is InChI=1S/C19H26N2O5S/c22-18(20-10-2-1-3-11-20)16-4-6-17(7-5-16)27(23,24)21-12-8-19(9-13-21)25-14-15-26-19/h4-7H,1-3,8-15H2. The van der Waals surface area contributed by atoms with Crippen LogP contribution in [0.3, 0.4) is 0 Å². The Hall–Kier alpha value is -1.48. The molecule has 1 spiro atoms. The maximum Gasteiger partial charge on any atom is 0.253 e. The van der Waals surface area contributed by atoms with E-state index in [1.807, 2.05) is 4.90 Å². The second-order valence-corrected chi connectivity index (χ2v) is 9.33. The molecule has 0 unspecified atom stereocenters. The van der Waals surface area contributed by atoms with Gasteiger partial charge >= 0.3 is 0 Å². The van der Waals surface area contributed by atoms with E-state index in [1.165, 1.54) is 4.31 Å². The van der Waals surface area contributed by atoms with E-state index in [0.717, 1.165) is 32.4 Å². The first-order valence-corrected chi connectivity index (χ1v) is 11.1. The smallest absolute Gasteiger partial charge is 0.253 e. The maximum absolute atomic E-state index is 12.9. The second kappa shape index (κ2) is 7.50. The van der Waals surface area contributed by atoms with Gasteiger partial charge in [-0.05, 0) is 43.5 Å². The third-order valence-corrected chi connectivity index (χ3v) is 7.59. The predicted octanol–water partition coefficient (Wildman–Crippen LogP) is 1.84. The Bertz CT molecular complexity index is 771. The molecule has 27 heavy (non-hydrogen) atoms. The average molecular weight is 394 g/mol. The fourth-order valence-electron chi connectivity index (χ4n) is 4.05. The monoisotopic (exact) mass is 394 g/mol. The Balaban J connectivity index is 1.44. The second-order valence-electron chi connectivity index (χ2n) is 7.39. The van der Waals surface area contributed by atoms with Crippen LogP contribution in [-0.2, 0) is 19.5 Å². The zero-order chi connectivity index (χ0) is 18.9. The maximum atomic E-state index is 12.9. The first-order chi connectivity index (χ1) is 13.0. The highest BCUT2D eigenvalue weighted by molar-refractivity contribution is 7.89. The number of hydrogen-bond donors (Lipinski definition) is 0. The van der Waals surface area contributed by atoms with Crippen molar-refractivity contribution in [3.05, 3.63) is 29.8 Å². The minimum absolute atomic E-state index is 0.0194. The van der Waals surface area contributed by atoms with Gasteiger partial charge in [-0.3, -0.25) is 4.79 Å². The number of amides is 1. The predicted molar refractivity (Wildman–Crippen MR) is 98.8 cm³/mol. The molecule has 0 aliphatic carbocycles. The van der Waals surface area contributed by atoms with Crippen LogP contribution >= 0.6 is 0 Å². The molecule has 0 saturated carbocycles. The fourth-order valence-corrected chi connectivity index (χ4v) is 5.49. The van der Waals surface area contributed by atoms with Gasteiger partial charge in [-0.15, -0.1) is 0 Å². The van der Waals surface area contributed by atoms with Crippen molar-refractivity contribution < 1.29 is 22.7 Å². The minimum Gasteiger partial charge on any atom is -0.347 e. The molecule has 148 valence electrons. The number of ether oxygens (including phenoxy) is 2. The molecule has 1 aromatic carbocycles. The topological polar surface area (TPSA) is 76.2 Å². The number of rotatable bonds is 3. The molecule has 4 rings (SSSR count). The van der Waals surface area contributed by atoms with Crippen LogP contribution < -0.4 is 0 Å². The van der Waals surface area contributed by atoms with Crippen molar-refractivity contribution >= 4 is 15.9 Å². The van der Waals surface area contributed by atoms with E-state index >= 15 is 0 Å². The van der Waals surface area contributed by atoms with E-state index in [1.54, 1.807) is 24.3 Å². The Morgan fingerprint density at radius 2 is 1.48 bits per heavy atom. The lowest BCUT2D eigenvalue weighted by Gasteiger charge is -2.36. The first kappa shape index (κ1) is 18.9. The van der Waals surface area contributed by atoms with E-state index in [-0.39, 0.29) is 10.8 Å². The van der Waals surface area contributed by atoms with Crippen molar-refractivity contribution in [1.29, 1.82) is 0 Å². The SMILES string of the molecule is O=C(c1ccc(S(=O)(=O)N2CCC3(CC2)OCCO3)cc1)N1CCCCC1. The van der Waals surface area contributed by atoms with Crippen molar-refractivity contribution in [3.8, 4) is 0 Å². The molecular weight excluding hydrogens is 368 g/mol. The zero-order valence-electron chi connectivity index (χ0n) is 15.4. The number of piperidine rings is 2. The lowest BCUT2D eigenvalue weighted by Crippen LogP contribution is -2.47. The van der Waals surface area contributed by atoms with Crippen molar-refractivity contribution in [1.82, 2.24) is 9.21 Å². The summed E-state index contributed by atoms with van der Waals surface area (Å²) in [5.41, 5.74) is 0.543. The molecule has 1 aromatic rings. The van der Waals surface area contributed by atoms with Gasteiger partial charge in [0.15, 0.2) is 5.79 Å². The van der Waals surface area contributed by atoms with Gasteiger partial charge in [0.25, 0.3) is 5.91 Å². The summed E-state index contributed by atoms with van der Waals surface area (Å²) in [7, 11) is -3.58.